The van der Waals surface area contributed by atoms with E-state index in [1.807, 2.05) is 30.3 Å². The first-order chi connectivity index (χ1) is 9.56. The zero-order valence-electron chi connectivity index (χ0n) is 10.5. The van der Waals surface area contributed by atoms with Gasteiger partial charge in [0.1, 0.15) is 5.75 Å². The Bertz CT molecular complexity index is 638. The lowest BCUT2D eigenvalue weighted by Gasteiger charge is -2.08. The lowest BCUT2D eigenvalue weighted by atomic mass is 10.1. The second-order valence-electron chi connectivity index (χ2n) is 4.25. The molecule has 0 unspecified atom stereocenters. The molecule has 0 saturated heterocycles. The molecule has 0 atom stereocenters. The molecular formula is C15H13NO4. The Balaban J connectivity index is 2.06. The number of aromatic carboxylic acids is 1. The molecule has 0 aliphatic carbocycles. The predicted octanol–water partition coefficient (Wildman–Crippen LogP) is 2.27. The maximum atomic E-state index is 11.8. The summed E-state index contributed by atoms with van der Waals surface area (Å²) in [6.07, 6.45) is 0.182. The Morgan fingerprint density at radius 1 is 1.05 bits per heavy atom. The van der Waals surface area contributed by atoms with Crippen LogP contribution in [0.5, 0.6) is 5.75 Å². The number of rotatable bonds is 4. The summed E-state index contributed by atoms with van der Waals surface area (Å²) in [7, 11) is 0. The van der Waals surface area contributed by atoms with Crippen molar-refractivity contribution in [1.29, 1.82) is 0 Å². The van der Waals surface area contributed by atoms with Gasteiger partial charge < -0.3 is 15.5 Å². The topological polar surface area (TPSA) is 86.6 Å². The van der Waals surface area contributed by atoms with Crippen molar-refractivity contribution < 1.29 is 19.8 Å². The number of phenols is 1. The highest BCUT2D eigenvalue weighted by atomic mass is 16.4. The normalized spacial score (nSPS) is 10.0. The van der Waals surface area contributed by atoms with Gasteiger partial charge in [0.15, 0.2) is 0 Å². The molecule has 102 valence electrons. The first kappa shape index (κ1) is 13.6. The third-order valence-corrected chi connectivity index (χ3v) is 2.73. The fraction of sp³-hybridized carbons (Fsp3) is 0.0667. The third-order valence-electron chi connectivity index (χ3n) is 2.73. The minimum atomic E-state index is -1.14. The van der Waals surface area contributed by atoms with Gasteiger partial charge in [-0.05, 0) is 23.8 Å². The molecule has 1 amide bonds. The first-order valence-corrected chi connectivity index (χ1v) is 5.96. The average molecular weight is 271 g/mol. The molecule has 3 N–H and O–H groups in total. The van der Waals surface area contributed by atoms with Crippen LogP contribution < -0.4 is 5.32 Å². The highest BCUT2D eigenvalue weighted by Crippen LogP contribution is 2.24. The van der Waals surface area contributed by atoms with Crippen LogP contribution in [0.25, 0.3) is 0 Å². The van der Waals surface area contributed by atoms with E-state index in [-0.39, 0.29) is 29.3 Å². The van der Waals surface area contributed by atoms with Gasteiger partial charge in [-0.25, -0.2) is 4.79 Å². The molecular weight excluding hydrogens is 258 g/mol. The van der Waals surface area contributed by atoms with E-state index in [4.69, 9.17) is 5.11 Å². The van der Waals surface area contributed by atoms with Crippen LogP contribution in [0.3, 0.4) is 0 Å². The molecule has 5 nitrogen and oxygen atoms in total. The van der Waals surface area contributed by atoms with Crippen molar-refractivity contribution in [3.8, 4) is 5.75 Å². The summed E-state index contributed by atoms with van der Waals surface area (Å²) in [5.74, 6) is -1.69. The van der Waals surface area contributed by atoms with Gasteiger partial charge in [-0.2, -0.15) is 0 Å². The van der Waals surface area contributed by atoms with Crippen LogP contribution >= 0.6 is 0 Å². The number of hydrogen-bond acceptors (Lipinski definition) is 3. The number of benzene rings is 2. The van der Waals surface area contributed by atoms with E-state index in [9.17, 15) is 14.7 Å². The molecule has 2 aromatic rings. The highest BCUT2D eigenvalue weighted by molar-refractivity contribution is 5.95. The molecule has 0 spiro atoms. The fourth-order valence-electron chi connectivity index (χ4n) is 1.75. The summed E-state index contributed by atoms with van der Waals surface area (Å²) < 4.78 is 0. The predicted molar refractivity (Wildman–Crippen MR) is 73.8 cm³/mol. The minimum absolute atomic E-state index is 0.0384. The number of carbonyl (C=O) groups excluding carboxylic acids is 1. The molecule has 0 heterocycles. The zero-order valence-corrected chi connectivity index (χ0v) is 10.5. The SMILES string of the molecule is O=C(Cc1ccccc1)Nc1ccc(C(=O)O)cc1O. The van der Waals surface area contributed by atoms with Crippen LogP contribution in [0.15, 0.2) is 48.5 Å². The van der Waals surface area contributed by atoms with Gasteiger partial charge in [0.25, 0.3) is 0 Å². The average Bonchev–Trinajstić information content (AvgIpc) is 2.42. The zero-order chi connectivity index (χ0) is 14.5. The standard InChI is InChI=1S/C15H13NO4/c17-13-9-11(15(19)20)6-7-12(13)16-14(18)8-10-4-2-1-3-5-10/h1-7,9,17H,8H2,(H,16,18)(H,19,20). The minimum Gasteiger partial charge on any atom is -0.506 e. The molecule has 0 bridgehead atoms. The Hall–Kier alpha value is -2.82. The van der Waals surface area contributed by atoms with Gasteiger partial charge in [-0.15, -0.1) is 0 Å². The molecule has 20 heavy (non-hydrogen) atoms. The molecule has 0 aliphatic rings. The number of carboxylic acids is 1. The molecule has 5 heteroatoms. The van der Waals surface area contributed by atoms with E-state index < -0.39 is 5.97 Å². The van der Waals surface area contributed by atoms with Crippen molar-refractivity contribution >= 4 is 17.6 Å². The van der Waals surface area contributed by atoms with Crippen LogP contribution in [-0.2, 0) is 11.2 Å². The van der Waals surface area contributed by atoms with Gasteiger partial charge in [0, 0.05) is 0 Å². The van der Waals surface area contributed by atoms with E-state index in [2.05, 4.69) is 5.32 Å². The van der Waals surface area contributed by atoms with Crippen LogP contribution in [0, 0.1) is 0 Å². The Morgan fingerprint density at radius 3 is 2.35 bits per heavy atom. The van der Waals surface area contributed by atoms with Crippen molar-refractivity contribution in [2.24, 2.45) is 0 Å². The van der Waals surface area contributed by atoms with Crippen molar-refractivity contribution in [3.63, 3.8) is 0 Å². The maximum absolute atomic E-state index is 11.8. The monoisotopic (exact) mass is 271 g/mol. The van der Waals surface area contributed by atoms with E-state index in [1.165, 1.54) is 12.1 Å². The summed E-state index contributed by atoms with van der Waals surface area (Å²) in [4.78, 5) is 22.5. The van der Waals surface area contributed by atoms with Crippen LogP contribution in [0.1, 0.15) is 15.9 Å². The second kappa shape index (κ2) is 5.88. The van der Waals surface area contributed by atoms with E-state index in [0.29, 0.717) is 0 Å². The number of carboxylic acid groups (broad SMARTS) is 1. The summed E-state index contributed by atoms with van der Waals surface area (Å²) >= 11 is 0. The summed E-state index contributed by atoms with van der Waals surface area (Å²) in [6.45, 7) is 0. The van der Waals surface area contributed by atoms with E-state index in [1.54, 1.807) is 0 Å². The van der Waals surface area contributed by atoms with Crippen molar-refractivity contribution in [2.45, 2.75) is 6.42 Å². The van der Waals surface area contributed by atoms with Crippen molar-refractivity contribution in [2.75, 3.05) is 5.32 Å². The number of aromatic hydroxyl groups is 1. The Labute approximate surface area is 115 Å². The van der Waals surface area contributed by atoms with Crippen molar-refractivity contribution in [3.05, 3.63) is 59.7 Å². The molecule has 0 aliphatic heterocycles. The molecule has 0 saturated carbocycles. The lowest BCUT2D eigenvalue weighted by Crippen LogP contribution is -2.14. The number of carbonyl (C=O) groups is 2. The second-order valence-corrected chi connectivity index (χ2v) is 4.25. The highest BCUT2D eigenvalue weighted by Gasteiger charge is 2.10. The molecule has 0 fully saturated rings. The smallest absolute Gasteiger partial charge is 0.335 e. The van der Waals surface area contributed by atoms with Crippen molar-refractivity contribution in [1.82, 2.24) is 0 Å². The van der Waals surface area contributed by atoms with E-state index >= 15 is 0 Å². The lowest BCUT2D eigenvalue weighted by molar-refractivity contribution is -0.115. The van der Waals surface area contributed by atoms with Gasteiger partial charge in [0.05, 0.1) is 17.7 Å². The van der Waals surface area contributed by atoms with Gasteiger partial charge in [0.2, 0.25) is 5.91 Å². The maximum Gasteiger partial charge on any atom is 0.335 e. The summed E-state index contributed by atoms with van der Waals surface area (Å²) in [6, 6.07) is 13.0. The summed E-state index contributed by atoms with van der Waals surface area (Å²) in [5, 5.41) is 21.0. The number of phenolic OH excluding ortho intramolecular Hbond substituents is 1. The quantitative estimate of drug-likeness (QED) is 0.744. The fourth-order valence-corrected chi connectivity index (χ4v) is 1.75. The molecule has 0 aromatic heterocycles. The van der Waals surface area contributed by atoms with E-state index in [0.717, 1.165) is 11.6 Å². The van der Waals surface area contributed by atoms with Crippen LogP contribution in [-0.4, -0.2) is 22.1 Å². The summed E-state index contributed by atoms with van der Waals surface area (Å²) in [5.41, 5.74) is 1.01. The van der Waals surface area contributed by atoms with Crippen LogP contribution in [0.4, 0.5) is 5.69 Å². The Morgan fingerprint density at radius 2 is 1.75 bits per heavy atom. The largest absolute Gasteiger partial charge is 0.506 e. The van der Waals surface area contributed by atoms with Gasteiger partial charge in [-0.3, -0.25) is 4.79 Å². The number of anilines is 1. The molecule has 2 aromatic carbocycles. The van der Waals surface area contributed by atoms with Crippen LogP contribution in [0.2, 0.25) is 0 Å². The number of hydrogen-bond donors (Lipinski definition) is 3. The molecule has 0 radical (unpaired) electrons. The number of amides is 1. The number of nitrogens with one attached hydrogen (secondary N) is 1. The molecule has 2 rings (SSSR count). The Kier molecular flexibility index (Phi) is 4.00. The third kappa shape index (κ3) is 3.35. The first-order valence-electron chi connectivity index (χ1n) is 5.96. The van der Waals surface area contributed by atoms with Gasteiger partial charge >= 0.3 is 5.97 Å². The van der Waals surface area contributed by atoms with Gasteiger partial charge in [-0.1, -0.05) is 30.3 Å².